The summed E-state index contributed by atoms with van der Waals surface area (Å²) in [5.41, 5.74) is 1.87. The lowest BCUT2D eigenvalue weighted by Gasteiger charge is -2.02. The van der Waals surface area contributed by atoms with Crippen molar-refractivity contribution in [3.8, 4) is 5.75 Å². The smallest absolute Gasteiger partial charge is 0.125 e. The number of nitrogens with zero attached hydrogens (tertiary/aromatic N) is 3. The Balaban J connectivity index is 2.05. The van der Waals surface area contributed by atoms with E-state index in [9.17, 15) is 5.11 Å². The number of aromatic hydroxyl groups is 1. The molecular formula is C15H10ClN3O. The number of halogens is 1. The third-order valence-corrected chi connectivity index (χ3v) is 3.04. The zero-order valence-electron chi connectivity index (χ0n) is 10.4. The molecule has 0 atom stereocenters. The van der Waals surface area contributed by atoms with Gasteiger partial charge in [-0.05, 0) is 42.5 Å². The summed E-state index contributed by atoms with van der Waals surface area (Å²) in [6.07, 6.45) is 1.65. The fourth-order valence-corrected chi connectivity index (χ4v) is 2.06. The lowest BCUT2D eigenvalue weighted by atomic mass is 10.2. The van der Waals surface area contributed by atoms with Crippen LogP contribution in [-0.4, -0.2) is 10.1 Å². The molecule has 0 amide bonds. The highest BCUT2D eigenvalue weighted by Crippen LogP contribution is 2.31. The Morgan fingerprint density at radius 3 is 2.75 bits per heavy atom. The van der Waals surface area contributed by atoms with Crippen LogP contribution in [0.5, 0.6) is 5.75 Å². The van der Waals surface area contributed by atoms with E-state index in [4.69, 9.17) is 11.6 Å². The summed E-state index contributed by atoms with van der Waals surface area (Å²) in [6.45, 7) is 0. The Morgan fingerprint density at radius 1 is 1.00 bits per heavy atom. The van der Waals surface area contributed by atoms with E-state index in [1.54, 1.807) is 42.6 Å². The van der Waals surface area contributed by atoms with E-state index in [0.29, 0.717) is 27.3 Å². The van der Waals surface area contributed by atoms with Gasteiger partial charge in [-0.3, -0.25) is 4.98 Å². The topological polar surface area (TPSA) is 57.8 Å². The quantitative estimate of drug-likeness (QED) is 0.672. The number of pyridine rings is 1. The van der Waals surface area contributed by atoms with Gasteiger partial charge in [0.2, 0.25) is 0 Å². The van der Waals surface area contributed by atoms with Crippen LogP contribution in [0.2, 0.25) is 5.02 Å². The van der Waals surface area contributed by atoms with E-state index in [1.807, 2.05) is 12.1 Å². The normalized spacial score (nSPS) is 11.2. The lowest BCUT2D eigenvalue weighted by molar-refractivity contribution is 0.481. The predicted molar refractivity (Wildman–Crippen MR) is 79.0 cm³/mol. The number of phenolic OH excluding ortho intramolecular Hbond substituents is 1. The molecule has 0 bridgehead atoms. The molecule has 0 radical (unpaired) electrons. The molecule has 0 aliphatic carbocycles. The first-order chi connectivity index (χ1) is 9.74. The van der Waals surface area contributed by atoms with E-state index >= 15 is 0 Å². The maximum atomic E-state index is 9.79. The van der Waals surface area contributed by atoms with Gasteiger partial charge in [0.05, 0.1) is 5.69 Å². The van der Waals surface area contributed by atoms with Gasteiger partial charge in [-0.15, -0.1) is 5.11 Å². The van der Waals surface area contributed by atoms with Crippen LogP contribution < -0.4 is 0 Å². The summed E-state index contributed by atoms with van der Waals surface area (Å²) in [7, 11) is 0. The molecule has 1 N–H and O–H groups in total. The van der Waals surface area contributed by atoms with E-state index in [-0.39, 0.29) is 5.75 Å². The van der Waals surface area contributed by atoms with Gasteiger partial charge in [-0.2, -0.15) is 5.11 Å². The highest BCUT2D eigenvalue weighted by atomic mass is 35.5. The zero-order valence-corrected chi connectivity index (χ0v) is 11.1. The Bertz CT molecular complexity index is 802. The molecule has 0 saturated carbocycles. The highest BCUT2D eigenvalue weighted by Gasteiger charge is 2.05. The van der Waals surface area contributed by atoms with Crippen molar-refractivity contribution >= 4 is 33.9 Å². The van der Waals surface area contributed by atoms with Gasteiger partial charge in [-0.1, -0.05) is 17.7 Å². The fraction of sp³-hybridized carbons (Fsp3) is 0. The van der Waals surface area contributed by atoms with Gasteiger partial charge in [0.1, 0.15) is 17.0 Å². The minimum absolute atomic E-state index is 0.176. The van der Waals surface area contributed by atoms with E-state index < -0.39 is 0 Å². The zero-order chi connectivity index (χ0) is 13.9. The Labute approximate surface area is 120 Å². The molecule has 0 aliphatic heterocycles. The molecule has 0 unspecified atom stereocenters. The Hall–Kier alpha value is -2.46. The molecule has 0 saturated heterocycles. The lowest BCUT2D eigenvalue weighted by Crippen LogP contribution is -1.79. The van der Waals surface area contributed by atoms with E-state index in [1.165, 1.54) is 0 Å². The van der Waals surface area contributed by atoms with Gasteiger partial charge >= 0.3 is 0 Å². The van der Waals surface area contributed by atoms with Crippen molar-refractivity contribution in [3.05, 3.63) is 59.8 Å². The third-order valence-electron chi connectivity index (χ3n) is 2.81. The van der Waals surface area contributed by atoms with Gasteiger partial charge in [0.15, 0.2) is 0 Å². The molecule has 1 heterocycles. The molecule has 4 nitrogen and oxygen atoms in total. The average molecular weight is 284 g/mol. The molecule has 98 valence electrons. The highest BCUT2D eigenvalue weighted by molar-refractivity contribution is 6.30. The van der Waals surface area contributed by atoms with Crippen LogP contribution in [0, 0.1) is 0 Å². The molecular weight excluding hydrogens is 274 g/mol. The third kappa shape index (κ3) is 2.46. The minimum Gasteiger partial charge on any atom is -0.507 e. The van der Waals surface area contributed by atoms with Gasteiger partial charge < -0.3 is 5.11 Å². The van der Waals surface area contributed by atoms with Crippen LogP contribution in [-0.2, 0) is 0 Å². The second-order valence-corrected chi connectivity index (χ2v) is 4.62. The summed E-state index contributed by atoms with van der Waals surface area (Å²) in [4.78, 5) is 4.23. The largest absolute Gasteiger partial charge is 0.507 e. The summed E-state index contributed by atoms with van der Waals surface area (Å²) < 4.78 is 0. The first-order valence-corrected chi connectivity index (χ1v) is 6.36. The van der Waals surface area contributed by atoms with Crippen molar-refractivity contribution in [3.63, 3.8) is 0 Å². The first-order valence-electron chi connectivity index (χ1n) is 5.98. The predicted octanol–water partition coefficient (Wildman–Crippen LogP) is 5.01. The summed E-state index contributed by atoms with van der Waals surface area (Å²) in [6, 6.07) is 13.9. The van der Waals surface area contributed by atoms with Crippen LogP contribution in [0.4, 0.5) is 11.4 Å². The molecule has 20 heavy (non-hydrogen) atoms. The van der Waals surface area contributed by atoms with E-state index in [2.05, 4.69) is 15.2 Å². The maximum absolute atomic E-state index is 9.79. The summed E-state index contributed by atoms with van der Waals surface area (Å²) in [5.74, 6) is 0.176. The van der Waals surface area contributed by atoms with Gasteiger partial charge in [0, 0.05) is 16.6 Å². The fourth-order valence-electron chi connectivity index (χ4n) is 1.87. The van der Waals surface area contributed by atoms with Gasteiger partial charge in [-0.25, -0.2) is 0 Å². The van der Waals surface area contributed by atoms with Crippen molar-refractivity contribution < 1.29 is 5.11 Å². The summed E-state index contributed by atoms with van der Waals surface area (Å²) >= 11 is 5.90. The molecule has 0 fully saturated rings. The van der Waals surface area contributed by atoms with Crippen LogP contribution >= 0.6 is 11.6 Å². The van der Waals surface area contributed by atoms with Crippen molar-refractivity contribution in [2.45, 2.75) is 0 Å². The number of fused-ring (bicyclic) bond motifs is 1. The van der Waals surface area contributed by atoms with Crippen molar-refractivity contribution in [2.75, 3.05) is 0 Å². The molecule has 3 rings (SSSR count). The molecule has 1 aromatic heterocycles. The van der Waals surface area contributed by atoms with Crippen LogP contribution in [0.25, 0.3) is 10.9 Å². The Kier molecular flexibility index (Phi) is 3.31. The monoisotopic (exact) mass is 283 g/mol. The number of azo groups is 1. The van der Waals surface area contributed by atoms with Crippen molar-refractivity contribution in [1.82, 2.24) is 4.98 Å². The molecule has 2 aromatic carbocycles. The number of hydrogen-bond donors (Lipinski definition) is 1. The molecule has 3 aromatic rings. The number of aromatic nitrogens is 1. The van der Waals surface area contributed by atoms with Gasteiger partial charge in [0.25, 0.3) is 0 Å². The maximum Gasteiger partial charge on any atom is 0.125 e. The van der Waals surface area contributed by atoms with Crippen LogP contribution in [0.3, 0.4) is 0 Å². The second-order valence-electron chi connectivity index (χ2n) is 4.18. The number of rotatable bonds is 2. The minimum atomic E-state index is 0.176. The SMILES string of the molecule is Oc1ccc(N=Nc2cccc(Cl)c2)c2ncccc12. The van der Waals surface area contributed by atoms with Crippen LogP contribution in [0.1, 0.15) is 0 Å². The summed E-state index contributed by atoms with van der Waals surface area (Å²) in [5, 5.41) is 19.4. The van der Waals surface area contributed by atoms with E-state index in [0.717, 1.165) is 0 Å². The average Bonchev–Trinajstić information content (AvgIpc) is 2.47. The first kappa shape index (κ1) is 12.6. The van der Waals surface area contributed by atoms with Crippen molar-refractivity contribution in [2.24, 2.45) is 10.2 Å². The number of hydrogen-bond acceptors (Lipinski definition) is 4. The molecule has 0 aliphatic rings. The molecule has 0 spiro atoms. The van der Waals surface area contributed by atoms with Crippen LogP contribution in [0.15, 0.2) is 65.0 Å². The number of benzene rings is 2. The second kappa shape index (κ2) is 5.27. The number of phenols is 1. The standard InChI is InChI=1S/C15H10ClN3O/c16-10-3-1-4-11(9-10)18-19-13-6-7-14(20)12-5-2-8-17-15(12)13/h1-9,20H. The molecule has 5 heteroatoms. The Morgan fingerprint density at radius 2 is 1.90 bits per heavy atom. The van der Waals surface area contributed by atoms with Crippen molar-refractivity contribution in [1.29, 1.82) is 0 Å².